The predicted octanol–water partition coefficient (Wildman–Crippen LogP) is 1.86. The number of nitrogens with zero attached hydrogens (tertiary/aromatic N) is 3. The van der Waals surface area contributed by atoms with Crippen molar-refractivity contribution in [2.75, 3.05) is 4.90 Å². The Hall–Kier alpha value is -2.37. The Labute approximate surface area is 110 Å². The first-order valence-electron chi connectivity index (χ1n) is 5.94. The van der Waals surface area contributed by atoms with Crippen LogP contribution in [0.1, 0.15) is 19.8 Å². The fraction of sp³-hybridized carbons (Fsp3) is 0.308. The van der Waals surface area contributed by atoms with Gasteiger partial charge in [-0.1, -0.05) is 28.5 Å². The first-order chi connectivity index (χ1) is 9.17. The van der Waals surface area contributed by atoms with Crippen LogP contribution in [0.5, 0.6) is 0 Å². The number of anilines is 1. The summed E-state index contributed by atoms with van der Waals surface area (Å²) in [5.74, 6) is -0.104. The zero-order valence-electron chi connectivity index (χ0n) is 10.5. The van der Waals surface area contributed by atoms with E-state index in [-0.39, 0.29) is 11.9 Å². The molecule has 1 aromatic rings. The third-order valence-electron chi connectivity index (χ3n) is 3.17. The highest BCUT2D eigenvalue weighted by Gasteiger charge is 2.34. The molecule has 100 valence electrons. The zero-order chi connectivity index (χ0) is 13.8. The number of carbonyl (C=O) groups is 1. The molecule has 0 saturated heterocycles. The Morgan fingerprint density at radius 2 is 1.68 bits per heavy atom. The number of hydrogen-bond acceptors (Lipinski definition) is 5. The van der Waals surface area contributed by atoms with E-state index in [1.165, 1.54) is 6.92 Å². The van der Waals surface area contributed by atoms with Crippen LogP contribution in [0, 0.1) is 0 Å². The summed E-state index contributed by atoms with van der Waals surface area (Å²) in [6.45, 7) is 1.48. The molecule has 0 heterocycles. The zero-order valence-corrected chi connectivity index (χ0v) is 10.5. The largest absolute Gasteiger partial charge is 0.411 e. The maximum absolute atomic E-state index is 11.8. The molecule has 0 bridgehead atoms. The van der Waals surface area contributed by atoms with E-state index < -0.39 is 0 Å². The van der Waals surface area contributed by atoms with E-state index in [2.05, 4.69) is 10.3 Å². The molecule has 1 aliphatic rings. The average molecular weight is 261 g/mol. The van der Waals surface area contributed by atoms with Crippen molar-refractivity contribution in [3.05, 3.63) is 30.3 Å². The minimum Gasteiger partial charge on any atom is -0.411 e. The lowest BCUT2D eigenvalue weighted by molar-refractivity contribution is -0.117. The molecule has 1 saturated carbocycles. The molecule has 2 rings (SSSR count). The topological polar surface area (TPSA) is 85.5 Å². The van der Waals surface area contributed by atoms with Crippen molar-refractivity contribution in [3.63, 3.8) is 0 Å². The minimum atomic E-state index is -0.198. The van der Waals surface area contributed by atoms with E-state index in [1.54, 1.807) is 4.90 Å². The van der Waals surface area contributed by atoms with Gasteiger partial charge < -0.3 is 15.3 Å². The van der Waals surface area contributed by atoms with E-state index in [1.807, 2.05) is 30.3 Å². The third-order valence-corrected chi connectivity index (χ3v) is 3.17. The smallest absolute Gasteiger partial charge is 0.224 e. The van der Waals surface area contributed by atoms with Gasteiger partial charge in [0.05, 0.1) is 0 Å². The molecular weight excluding hydrogens is 246 g/mol. The summed E-state index contributed by atoms with van der Waals surface area (Å²) in [5, 5.41) is 24.0. The molecule has 1 amide bonds. The van der Waals surface area contributed by atoms with Gasteiger partial charge in [-0.25, -0.2) is 0 Å². The Morgan fingerprint density at radius 1 is 1.16 bits per heavy atom. The molecule has 0 atom stereocenters. The third kappa shape index (κ3) is 2.57. The van der Waals surface area contributed by atoms with Crippen molar-refractivity contribution < 1.29 is 15.2 Å². The fourth-order valence-corrected chi connectivity index (χ4v) is 2.37. The molecule has 1 fully saturated rings. The number of hydrogen-bond donors (Lipinski definition) is 2. The van der Waals surface area contributed by atoms with Crippen molar-refractivity contribution in [2.45, 2.75) is 25.8 Å². The maximum Gasteiger partial charge on any atom is 0.224 e. The second-order valence-corrected chi connectivity index (χ2v) is 4.38. The van der Waals surface area contributed by atoms with Crippen LogP contribution in [0.15, 0.2) is 40.6 Å². The summed E-state index contributed by atoms with van der Waals surface area (Å²) < 4.78 is 0. The second kappa shape index (κ2) is 5.51. The predicted molar refractivity (Wildman–Crippen MR) is 71.1 cm³/mol. The van der Waals surface area contributed by atoms with Crippen molar-refractivity contribution in [3.8, 4) is 0 Å². The summed E-state index contributed by atoms with van der Waals surface area (Å²) in [6.07, 6.45) is 0.731. The van der Waals surface area contributed by atoms with Crippen LogP contribution in [0.4, 0.5) is 5.69 Å². The van der Waals surface area contributed by atoms with Crippen LogP contribution < -0.4 is 4.90 Å². The highest BCUT2D eigenvalue weighted by Crippen LogP contribution is 2.26. The van der Waals surface area contributed by atoms with Gasteiger partial charge in [-0.15, -0.1) is 0 Å². The van der Waals surface area contributed by atoms with E-state index in [0.29, 0.717) is 24.3 Å². The number of para-hydroxylation sites is 1. The normalized spacial score (nSPS) is 22.9. The van der Waals surface area contributed by atoms with Gasteiger partial charge in [-0.3, -0.25) is 4.79 Å². The van der Waals surface area contributed by atoms with E-state index in [4.69, 9.17) is 10.4 Å². The number of benzene rings is 1. The molecule has 0 aliphatic heterocycles. The number of carbonyl (C=O) groups excluding carboxylic acids is 1. The minimum absolute atomic E-state index is 0.104. The van der Waals surface area contributed by atoms with Crippen LogP contribution in [0.2, 0.25) is 0 Å². The van der Waals surface area contributed by atoms with Gasteiger partial charge in [0.25, 0.3) is 0 Å². The second-order valence-electron chi connectivity index (χ2n) is 4.38. The fourth-order valence-electron chi connectivity index (χ4n) is 2.37. The Morgan fingerprint density at radius 3 is 2.11 bits per heavy atom. The molecule has 2 N–H and O–H groups in total. The highest BCUT2D eigenvalue weighted by atomic mass is 16.4. The van der Waals surface area contributed by atoms with Crippen LogP contribution in [-0.2, 0) is 4.79 Å². The number of rotatable bonds is 2. The summed E-state index contributed by atoms with van der Waals surface area (Å²) in [5.41, 5.74) is 1.40. The molecule has 0 aromatic heterocycles. The van der Waals surface area contributed by atoms with Gasteiger partial charge in [0.2, 0.25) is 5.91 Å². The molecule has 0 radical (unpaired) electrons. The molecule has 19 heavy (non-hydrogen) atoms. The molecule has 6 nitrogen and oxygen atoms in total. The van der Waals surface area contributed by atoms with Crippen molar-refractivity contribution >= 4 is 23.0 Å². The summed E-state index contributed by atoms with van der Waals surface area (Å²) in [6, 6.07) is 9.05. The lowest BCUT2D eigenvalue weighted by Crippen LogP contribution is -2.37. The van der Waals surface area contributed by atoms with Crippen LogP contribution in [0.25, 0.3) is 0 Å². The van der Waals surface area contributed by atoms with E-state index in [9.17, 15) is 4.79 Å². The lowest BCUT2D eigenvalue weighted by atomic mass is 10.1. The standard InChI is InChI=1S/C13H15N3O3/c1-9(17)16(10-5-3-2-4-6-10)11-7-12(14-18)13(8-11)15-19/h2-6,11,18-19H,7-8H2,1H3/b14-12+,15-13+. The quantitative estimate of drug-likeness (QED) is 0.629. The van der Waals surface area contributed by atoms with E-state index in [0.717, 1.165) is 5.69 Å². The monoisotopic (exact) mass is 261 g/mol. The number of amides is 1. The van der Waals surface area contributed by atoms with Gasteiger partial charge in [-0.2, -0.15) is 0 Å². The first kappa shape index (κ1) is 13.1. The average Bonchev–Trinajstić information content (AvgIpc) is 2.82. The molecule has 0 unspecified atom stereocenters. The Kier molecular flexibility index (Phi) is 3.79. The molecule has 0 spiro atoms. The Balaban J connectivity index is 2.31. The van der Waals surface area contributed by atoms with Crippen molar-refractivity contribution in [2.24, 2.45) is 10.3 Å². The van der Waals surface area contributed by atoms with E-state index >= 15 is 0 Å². The molecule has 1 aliphatic carbocycles. The summed E-state index contributed by atoms with van der Waals surface area (Å²) in [7, 11) is 0. The number of oxime groups is 2. The highest BCUT2D eigenvalue weighted by molar-refractivity contribution is 6.44. The van der Waals surface area contributed by atoms with Crippen molar-refractivity contribution in [1.29, 1.82) is 0 Å². The van der Waals surface area contributed by atoms with Crippen molar-refractivity contribution in [1.82, 2.24) is 0 Å². The van der Waals surface area contributed by atoms with Gasteiger partial charge in [0, 0.05) is 31.5 Å². The first-order valence-corrected chi connectivity index (χ1v) is 5.94. The SMILES string of the molecule is CC(=O)N(c1ccccc1)C1CC(=N\O)/C(=N/O)C1. The van der Waals surface area contributed by atoms with Crippen LogP contribution in [0.3, 0.4) is 0 Å². The summed E-state index contributed by atoms with van der Waals surface area (Å²) in [4.78, 5) is 13.5. The van der Waals surface area contributed by atoms with Gasteiger partial charge in [0.15, 0.2) is 0 Å². The molecule has 6 heteroatoms. The lowest BCUT2D eigenvalue weighted by Gasteiger charge is -2.27. The van der Waals surface area contributed by atoms with Gasteiger partial charge in [0.1, 0.15) is 11.4 Å². The Bertz CT molecular complexity index is 505. The van der Waals surface area contributed by atoms with Crippen LogP contribution in [-0.4, -0.2) is 33.8 Å². The maximum atomic E-state index is 11.8. The van der Waals surface area contributed by atoms with Gasteiger partial charge in [-0.05, 0) is 12.1 Å². The molecule has 1 aromatic carbocycles. The van der Waals surface area contributed by atoms with Gasteiger partial charge >= 0.3 is 0 Å². The molecular formula is C13H15N3O3. The van der Waals surface area contributed by atoms with Crippen LogP contribution >= 0.6 is 0 Å². The summed E-state index contributed by atoms with van der Waals surface area (Å²) >= 11 is 0.